The van der Waals surface area contributed by atoms with E-state index >= 15 is 0 Å². The lowest BCUT2D eigenvalue weighted by Gasteiger charge is -2.32. The predicted molar refractivity (Wildman–Crippen MR) is 76.9 cm³/mol. The van der Waals surface area contributed by atoms with E-state index in [2.05, 4.69) is 9.47 Å². The molecular formula is C14H20O11. The van der Waals surface area contributed by atoms with Crippen LogP contribution in [0.15, 0.2) is 0 Å². The van der Waals surface area contributed by atoms with E-state index in [9.17, 15) is 34.2 Å². The van der Waals surface area contributed by atoms with Gasteiger partial charge in [-0.3, -0.25) is 19.2 Å². The maximum absolute atomic E-state index is 11.5. The molecule has 2 N–H and O–H groups in total. The lowest BCUT2D eigenvalue weighted by molar-refractivity contribution is -0.201. The number of ether oxygens (including phenoxy) is 4. The number of hydrogen-bond donors (Lipinski definition) is 2. The Bertz CT molecular complexity index is 600. The SMILES string of the molecule is [2H]CC(=O)OC[C@@H](O)[C@@H](OC(=O)C[2H])[C@H](OC(=O)C[2H])[C@@H](OC(=O)C[2H])C(=O)O. The maximum atomic E-state index is 11.5. The summed E-state index contributed by atoms with van der Waals surface area (Å²) in [7, 11) is 0. The Kier molecular flexibility index (Phi) is 6.47. The van der Waals surface area contributed by atoms with Crippen molar-refractivity contribution in [2.45, 2.75) is 52.0 Å². The van der Waals surface area contributed by atoms with Gasteiger partial charge in [-0.1, -0.05) is 0 Å². The van der Waals surface area contributed by atoms with E-state index < -0.39 is 88.5 Å². The molecule has 0 aromatic rings. The van der Waals surface area contributed by atoms with Crippen LogP contribution in [0.3, 0.4) is 0 Å². The molecule has 0 aliphatic rings. The summed E-state index contributed by atoms with van der Waals surface area (Å²) < 4.78 is 46.1. The minimum absolute atomic E-state index is 0.819. The van der Waals surface area contributed by atoms with Crippen LogP contribution in [-0.2, 0) is 42.9 Å². The van der Waals surface area contributed by atoms with E-state index in [1.54, 1.807) is 0 Å². The molecule has 0 saturated heterocycles. The molecule has 0 radical (unpaired) electrons. The minimum atomic E-state index is -2.37. The second kappa shape index (κ2) is 10.2. The number of aliphatic carboxylic acids is 1. The van der Waals surface area contributed by atoms with Crippen LogP contribution in [0, 0.1) is 0 Å². The first-order valence-electron chi connectivity index (χ1n) is 9.25. The molecule has 4 atom stereocenters. The minimum Gasteiger partial charge on any atom is -0.478 e. The Balaban J connectivity index is 5.96. The van der Waals surface area contributed by atoms with Crippen LogP contribution >= 0.6 is 0 Å². The monoisotopic (exact) mass is 368 g/mol. The molecule has 0 heterocycles. The molecule has 0 spiro atoms. The first-order chi connectivity index (χ1) is 13.6. The van der Waals surface area contributed by atoms with Crippen LogP contribution in [0.4, 0.5) is 0 Å². The van der Waals surface area contributed by atoms with E-state index in [-0.39, 0.29) is 0 Å². The van der Waals surface area contributed by atoms with Crippen molar-refractivity contribution >= 4 is 29.8 Å². The zero-order chi connectivity index (χ0) is 22.6. The average molecular weight is 368 g/mol. The molecule has 0 fully saturated rings. The van der Waals surface area contributed by atoms with Crippen molar-refractivity contribution in [3.05, 3.63) is 0 Å². The van der Waals surface area contributed by atoms with Gasteiger partial charge < -0.3 is 29.2 Å². The van der Waals surface area contributed by atoms with Crippen molar-refractivity contribution in [2.24, 2.45) is 0 Å². The molecule has 0 amide bonds. The molecule has 142 valence electrons. The first-order valence-corrected chi connectivity index (χ1v) is 6.43. The van der Waals surface area contributed by atoms with Gasteiger partial charge in [0.15, 0.2) is 12.2 Å². The fourth-order valence-electron chi connectivity index (χ4n) is 1.64. The van der Waals surface area contributed by atoms with Gasteiger partial charge in [0.05, 0.1) is 0 Å². The van der Waals surface area contributed by atoms with Gasteiger partial charge in [0.2, 0.25) is 6.10 Å². The molecule has 0 aliphatic carbocycles. The molecular weight excluding hydrogens is 344 g/mol. The number of rotatable bonds is 9. The molecule has 0 bridgehead atoms. The number of carbonyl (C=O) groups excluding carboxylic acids is 4. The highest BCUT2D eigenvalue weighted by Gasteiger charge is 2.45. The van der Waals surface area contributed by atoms with Gasteiger partial charge in [-0.2, -0.15) is 0 Å². The quantitative estimate of drug-likeness (QED) is 0.371. The summed E-state index contributed by atoms with van der Waals surface area (Å²) in [4.78, 5) is 57.0. The molecule has 0 aromatic carbocycles. The summed E-state index contributed by atoms with van der Waals surface area (Å²) in [6.45, 7) is -4.76. The third kappa shape index (κ3) is 8.65. The van der Waals surface area contributed by atoms with Gasteiger partial charge in [0.25, 0.3) is 0 Å². The second-order valence-electron chi connectivity index (χ2n) is 4.41. The van der Waals surface area contributed by atoms with E-state index in [0.717, 1.165) is 0 Å². The zero-order valence-corrected chi connectivity index (χ0v) is 12.9. The molecule has 0 aromatic heterocycles. The third-order valence-corrected chi connectivity index (χ3v) is 2.45. The molecule has 0 aliphatic heterocycles. The normalized spacial score (nSPS) is 17.2. The zero-order valence-electron chi connectivity index (χ0n) is 16.9. The number of carbonyl (C=O) groups is 5. The number of hydrogen-bond acceptors (Lipinski definition) is 10. The Morgan fingerprint density at radius 1 is 0.840 bits per heavy atom. The molecule has 0 unspecified atom stereocenters. The summed E-state index contributed by atoms with van der Waals surface area (Å²) in [5, 5.41) is 19.5. The highest BCUT2D eigenvalue weighted by Crippen LogP contribution is 2.18. The summed E-state index contributed by atoms with van der Waals surface area (Å²) in [6, 6.07) is 0. The number of carboxylic acid groups (broad SMARTS) is 1. The van der Waals surface area contributed by atoms with Crippen LogP contribution in [0.5, 0.6) is 0 Å². The largest absolute Gasteiger partial charge is 0.478 e. The van der Waals surface area contributed by atoms with Gasteiger partial charge >= 0.3 is 29.8 Å². The average Bonchev–Trinajstić information content (AvgIpc) is 2.71. The number of aliphatic hydroxyl groups excluding tert-OH is 1. The number of aliphatic hydroxyl groups is 1. The second-order valence-corrected chi connectivity index (χ2v) is 4.41. The Morgan fingerprint density at radius 3 is 1.80 bits per heavy atom. The number of esters is 4. The van der Waals surface area contributed by atoms with Crippen molar-refractivity contribution in [3.63, 3.8) is 0 Å². The molecule has 11 heteroatoms. The Hall–Kier alpha value is -2.69. The fourth-order valence-corrected chi connectivity index (χ4v) is 1.64. The highest BCUT2D eigenvalue weighted by atomic mass is 16.6. The van der Waals surface area contributed by atoms with E-state index in [1.165, 1.54) is 0 Å². The number of carboxylic acids is 1. The van der Waals surface area contributed by atoms with Gasteiger partial charge in [0, 0.05) is 33.1 Å². The van der Waals surface area contributed by atoms with Crippen LogP contribution in [0.1, 0.15) is 33.1 Å². The Morgan fingerprint density at radius 2 is 1.32 bits per heavy atom. The fraction of sp³-hybridized carbons (Fsp3) is 0.643. The molecule has 0 saturated carbocycles. The van der Waals surface area contributed by atoms with Gasteiger partial charge in [-0.15, -0.1) is 0 Å². The van der Waals surface area contributed by atoms with Crippen LogP contribution in [-0.4, -0.2) is 71.1 Å². The van der Waals surface area contributed by atoms with Gasteiger partial charge in [-0.05, 0) is 0 Å². The summed E-state index contributed by atoms with van der Waals surface area (Å²) in [6.07, 6.45) is -8.70. The summed E-state index contributed by atoms with van der Waals surface area (Å²) in [5.74, 6) is -7.00. The molecule has 25 heavy (non-hydrogen) atoms. The lowest BCUT2D eigenvalue weighted by Crippen LogP contribution is -2.54. The third-order valence-electron chi connectivity index (χ3n) is 2.45. The summed E-state index contributed by atoms with van der Waals surface area (Å²) in [5.41, 5.74) is 0. The van der Waals surface area contributed by atoms with Crippen LogP contribution in [0.25, 0.3) is 0 Å². The molecule has 11 nitrogen and oxygen atoms in total. The van der Waals surface area contributed by atoms with Crippen molar-refractivity contribution in [1.29, 1.82) is 0 Å². The van der Waals surface area contributed by atoms with E-state index in [1.807, 2.05) is 0 Å². The van der Waals surface area contributed by atoms with E-state index in [4.69, 9.17) is 15.0 Å². The predicted octanol–water partition coefficient (Wildman–Crippen LogP) is -1.21. The van der Waals surface area contributed by atoms with E-state index in [0.29, 0.717) is 0 Å². The van der Waals surface area contributed by atoms with Gasteiger partial charge in [0.1, 0.15) is 12.7 Å². The Labute approximate surface area is 148 Å². The topological polar surface area (TPSA) is 163 Å². The van der Waals surface area contributed by atoms with Crippen molar-refractivity contribution in [1.82, 2.24) is 0 Å². The smallest absolute Gasteiger partial charge is 0.349 e. The van der Waals surface area contributed by atoms with Crippen LogP contribution in [0.2, 0.25) is 0 Å². The highest BCUT2D eigenvalue weighted by molar-refractivity contribution is 5.78. The van der Waals surface area contributed by atoms with Gasteiger partial charge in [-0.25, -0.2) is 4.79 Å². The van der Waals surface area contributed by atoms with Crippen LogP contribution < -0.4 is 0 Å². The van der Waals surface area contributed by atoms with Crippen molar-refractivity contribution < 1.29 is 58.6 Å². The lowest BCUT2D eigenvalue weighted by atomic mass is 10.0. The molecule has 0 rings (SSSR count). The van der Waals surface area contributed by atoms with Crippen molar-refractivity contribution in [3.8, 4) is 0 Å². The first kappa shape index (κ1) is 15.8. The summed E-state index contributed by atoms with van der Waals surface area (Å²) >= 11 is 0. The standard InChI is InChI=1S/C14H20O11/c1-6(15)22-5-10(19)11(23-7(2)16)12(24-8(3)17)13(14(20)21)25-9(4)18/h10-13,19H,5H2,1-4H3,(H,20,21)/t10-,11-,12+,13-/m1/s1/i1D,2D,3D,4D. The maximum Gasteiger partial charge on any atom is 0.349 e. The van der Waals surface area contributed by atoms with Crippen molar-refractivity contribution in [2.75, 3.05) is 6.61 Å².